The number of hydrogen-bond donors (Lipinski definition) is 2. The molecular weight excluding hydrogens is 311 g/mol. The minimum absolute atomic E-state index is 0.0798. The van der Waals surface area contributed by atoms with E-state index in [4.69, 9.17) is 0 Å². The molecular formula is C16H15FN6O. The SMILES string of the molecule is CC(NC(=O)Nc1ccncc1F)c1ccc(-n2cncn2)cc1. The van der Waals surface area contributed by atoms with Crippen LogP contribution in [0.2, 0.25) is 0 Å². The average Bonchev–Trinajstić information content (AvgIpc) is 3.11. The van der Waals surface area contributed by atoms with E-state index in [0.29, 0.717) is 0 Å². The fraction of sp³-hybridized carbons (Fsp3) is 0.125. The number of hydrogen-bond acceptors (Lipinski definition) is 4. The van der Waals surface area contributed by atoms with Crippen LogP contribution in [-0.4, -0.2) is 25.8 Å². The molecule has 0 aliphatic heterocycles. The Balaban J connectivity index is 1.63. The highest BCUT2D eigenvalue weighted by Crippen LogP contribution is 2.16. The highest BCUT2D eigenvalue weighted by molar-refractivity contribution is 5.89. The zero-order chi connectivity index (χ0) is 16.9. The van der Waals surface area contributed by atoms with E-state index >= 15 is 0 Å². The monoisotopic (exact) mass is 326 g/mol. The fourth-order valence-electron chi connectivity index (χ4n) is 2.17. The molecule has 0 saturated heterocycles. The van der Waals surface area contributed by atoms with Crippen molar-refractivity contribution in [3.63, 3.8) is 0 Å². The first kappa shape index (κ1) is 15.6. The Morgan fingerprint density at radius 3 is 2.67 bits per heavy atom. The van der Waals surface area contributed by atoms with E-state index in [9.17, 15) is 9.18 Å². The normalized spacial score (nSPS) is 11.8. The molecule has 0 bridgehead atoms. The van der Waals surface area contributed by atoms with Gasteiger partial charge in [0.25, 0.3) is 0 Å². The number of rotatable bonds is 4. The molecule has 3 rings (SSSR count). The maximum atomic E-state index is 13.5. The van der Waals surface area contributed by atoms with E-state index in [0.717, 1.165) is 17.4 Å². The summed E-state index contributed by atoms with van der Waals surface area (Å²) in [4.78, 5) is 19.5. The van der Waals surface area contributed by atoms with Crippen molar-refractivity contribution < 1.29 is 9.18 Å². The van der Waals surface area contributed by atoms with Crippen LogP contribution < -0.4 is 10.6 Å². The van der Waals surface area contributed by atoms with Crippen LogP contribution in [0.3, 0.4) is 0 Å². The topological polar surface area (TPSA) is 84.7 Å². The number of nitrogens with one attached hydrogen (secondary N) is 2. The minimum atomic E-state index is -0.586. The summed E-state index contributed by atoms with van der Waals surface area (Å²) >= 11 is 0. The third-order valence-corrected chi connectivity index (χ3v) is 3.44. The number of nitrogens with zero attached hydrogens (tertiary/aromatic N) is 4. The maximum Gasteiger partial charge on any atom is 0.319 e. The van der Waals surface area contributed by atoms with Gasteiger partial charge in [-0.3, -0.25) is 4.98 Å². The van der Waals surface area contributed by atoms with E-state index in [2.05, 4.69) is 25.7 Å². The molecule has 2 heterocycles. The largest absolute Gasteiger partial charge is 0.331 e. The van der Waals surface area contributed by atoms with Crippen molar-refractivity contribution in [1.82, 2.24) is 25.1 Å². The predicted octanol–water partition coefficient (Wildman–Crippen LogP) is 2.68. The maximum absolute atomic E-state index is 13.5. The summed E-state index contributed by atoms with van der Waals surface area (Å²) < 4.78 is 15.1. The molecule has 0 fully saturated rings. The zero-order valence-electron chi connectivity index (χ0n) is 12.8. The second-order valence-corrected chi connectivity index (χ2v) is 5.11. The molecule has 0 spiro atoms. The Labute approximate surface area is 137 Å². The summed E-state index contributed by atoms with van der Waals surface area (Å²) in [5, 5.41) is 9.26. The first-order valence-corrected chi connectivity index (χ1v) is 7.25. The van der Waals surface area contributed by atoms with Crippen LogP contribution in [0.5, 0.6) is 0 Å². The summed E-state index contributed by atoms with van der Waals surface area (Å²) in [5.41, 5.74) is 1.85. The molecule has 1 aromatic carbocycles. The third kappa shape index (κ3) is 3.54. The predicted molar refractivity (Wildman–Crippen MR) is 86.1 cm³/mol. The van der Waals surface area contributed by atoms with E-state index in [1.165, 1.54) is 18.6 Å². The van der Waals surface area contributed by atoms with Crippen LogP contribution in [0.25, 0.3) is 5.69 Å². The van der Waals surface area contributed by atoms with E-state index in [-0.39, 0.29) is 11.7 Å². The van der Waals surface area contributed by atoms with Crippen LogP contribution in [0, 0.1) is 5.82 Å². The number of halogens is 1. The molecule has 122 valence electrons. The molecule has 0 saturated carbocycles. The average molecular weight is 326 g/mol. The number of carbonyl (C=O) groups is 1. The summed E-state index contributed by atoms with van der Waals surface area (Å²) in [6, 6.07) is 8.18. The van der Waals surface area contributed by atoms with Gasteiger partial charge in [0.05, 0.1) is 23.6 Å². The Morgan fingerprint density at radius 2 is 2.00 bits per heavy atom. The van der Waals surface area contributed by atoms with Gasteiger partial charge in [0.2, 0.25) is 0 Å². The van der Waals surface area contributed by atoms with Crippen LogP contribution >= 0.6 is 0 Å². The van der Waals surface area contributed by atoms with Crippen LogP contribution in [-0.2, 0) is 0 Å². The fourth-order valence-corrected chi connectivity index (χ4v) is 2.17. The lowest BCUT2D eigenvalue weighted by Gasteiger charge is -2.15. The molecule has 8 heteroatoms. The molecule has 2 amide bonds. The Bertz CT molecular complexity index is 819. The first-order valence-electron chi connectivity index (χ1n) is 7.25. The highest BCUT2D eigenvalue weighted by atomic mass is 19.1. The van der Waals surface area contributed by atoms with Crippen molar-refractivity contribution in [2.24, 2.45) is 0 Å². The molecule has 3 aromatic rings. The van der Waals surface area contributed by atoms with Gasteiger partial charge in [-0.25, -0.2) is 18.9 Å². The molecule has 1 atom stereocenters. The van der Waals surface area contributed by atoms with Gasteiger partial charge in [-0.1, -0.05) is 12.1 Å². The van der Waals surface area contributed by atoms with Gasteiger partial charge in [-0.2, -0.15) is 5.10 Å². The molecule has 2 N–H and O–H groups in total. The van der Waals surface area contributed by atoms with Gasteiger partial charge < -0.3 is 10.6 Å². The van der Waals surface area contributed by atoms with Crippen LogP contribution in [0.1, 0.15) is 18.5 Å². The standard InChI is InChI=1S/C16H15FN6O/c1-11(21-16(24)22-15-6-7-18-8-14(15)17)12-2-4-13(5-3-12)23-10-19-9-20-23/h2-11H,1H3,(H2,18,21,22,24). The van der Waals surface area contributed by atoms with Crippen molar-refractivity contribution in [3.05, 3.63) is 66.8 Å². The number of amides is 2. The Morgan fingerprint density at radius 1 is 1.21 bits per heavy atom. The van der Waals surface area contributed by atoms with E-state index in [1.54, 1.807) is 11.0 Å². The molecule has 2 aromatic heterocycles. The van der Waals surface area contributed by atoms with Crippen LogP contribution in [0.15, 0.2) is 55.4 Å². The number of anilines is 1. The van der Waals surface area contributed by atoms with Gasteiger partial charge in [-0.05, 0) is 30.7 Å². The first-order chi connectivity index (χ1) is 11.6. The van der Waals surface area contributed by atoms with E-state index < -0.39 is 11.8 Å². The third-order valence-electron chi connectivity index (χ3n) is 3.44. The van der Waals surface area contributed by atoms with Gasteiger partial charge in [0.1, 0.15) is 12.7 Å². The number of urea groups is 1. The van der Waals surface area contributed by atoms with Crippen molar-refractivity contribution in [2.45, 2.75) is 13.0 Å². The lowest BCUT2D eigenvalue weighted by molar-refractivity contribution is 0.249. The molecule has 0 aliphatic rings. The number of benzene rings is 1. The van der Waals surface area contributed by atoms with Crippen molar-refractivity contribution >= 4 is 11.7 Å². The Kier molecular flexibility index (Phi) is 4.46. The molecule has 1 unspecified atom stereocenters. The molecule has 0 radical (unpaired) electrons. The van der Waals surface area contributed by atoms with Gasteiger partial charge in [0, 0.05) is 6.20 Å². The van der Waals surface area contributed by atoms with Crippen molar-refractivity contribution in [2.75, 3.05) is 5.32 Å². The Hall–Kier alpha value is -3.29. The summed E-state index contributed by atoms with van der Waals surface area (Å²) in [6.45, 7) is 1.84. The lowest BCUT2D eigenvalue weighted by atomic mass is 10.1. The van der Waals surface area contributed by atoms with Gasteiger partial charge in [-0.15, -0.1) is 0 Å². The quantitative estimate of drug-likeness (QED) is 0.772. The minimum Gasteiger partial charge on any atom is -0.331 e. The van der Waals surface area contributed by atoms with Crippen molar-refractivity contribution in [3.8, 4) is 5.69 Å². The summed E-state index contributed by atoms with van der Waals surface area (Å²) in [5.74, 6) is -0.586. The van der Waals surface area contributed by atoms with Crippen LogP contribution in [0.4, 0.5) is 14.9 Å². The second-order valence-electron chi connectivity index (χ2n) is 5.11. The molecule has 0 aliphatic carbocycles. The number of pyridine rings is 1. The van der Waals surface area contributed by atoms with Crippen molar-refractivity contribution in [1.29, 1.82) is 0 Å². The van der Waals surface area contributed by atoms with Gasteiger partial charge >= 0.3 is 6.03 Å². The zero-order valence-corrected chi connectivity index (χ0v) is 12.8. The molecule has 7 nitrogen and oxygen atoms in total. The molecule has 24 heavy (non-hydrogen) atoms. The second kappa shape index (κ2) is 6.86. The smallest absolute Gasteiger partial charge is 0.319 e. The number of carbonyl (C=O) groups excluding carboxylic acids is 1. The highest BCUT2D eigenvalue weighted by Gasteiger charge is 2.11. The van der Waals surface area contributed by atoms with Gasteiger partial charge in [0.15, 0.2) is 5.82 Å². The summed E-state index contributed by atoms with van der Waals surface area (Å²) in [6.07, 6.45) is 5.51. The van der Waals surface area contributed by atoms with E-state index in [1.807, 2.05) is 31.2 Å². The lowest BCUT2D eigenvalue weighted by Crippen LogP contribution is -2.31. The summed E-state index contributed by atoms with van der Waals surface area (Å²) in [7, 11) is 0. The number of aromatic nitrogens is 4.